The van der Waals surface area contributed by atoms with Crippen LogP contribution in [0.2, 0.25) is 0 Å². The van der Waals surface area contributed by atoms with Gasteiger partial charge in [0.25, 0.3) is 0 Å². The Hall–Kier alpha value is -2.12. The largest absolute Gasteiger partial charge is 0.463 e. The van der Waals surface area contributed by atoms with E-state index in [-0.39, 0.29) is 12.1 Å². The fourth-order valence-corrected chi connectivity index (χ4v) is 2.81. The summed E-state index contributed by atoms with van der Waals surface area (Å²) in [4.78, 5) is 28.0. The number of esters is 1. The predicted molar refractivity (Wildman–Crippen MR) is 103 cm³/mol. The van der Waals surface area contributed by atoms with E-state index in [1.54, 1.807) is 4.90 Å². The number of nitrogens with two attached hydrogens (primary N) is 1. The molecule has 27 heavy (non-hydrogen) atoms. The molecule has 0 aromatic heterocycles. The zero-order chi connectivity index (χ0) is 19.9. The van der Waals surface area contributed by atoms with Gasteiger partial charge in [-0.15, -0.1) is 0 Å². The minimum Gasteiger partial charge on any atom is -0.463 e. The highest BCUT2D eigenvalue weighted by atomic mass is 16.6. The zero-order valence-corrected chi connectivity index (χ0v) is 16.5. The lowest BCUT2D eigenvalue weighted by atomic mass is 10.1. The van der Waals surface area contributed by atoms with E-state index in [1.807, 2.05) is 51.1 Å². The van der Waals surface area contributed by atoms with Gasteiger partial charge in [0, 0.05) is 32.7 Å². The molecule has 1 aliphatic heterocycles. The molecule has 1 atom stereocenters. The summed E-state index contributed by atoms with van der Waals surface area (Å²) in [5.41, 5.74) is 6.45. The SMILES string of the molecule is CC(C)(C)OC(=O)N1CCN(CCOC(=O)[C@@H](N)Cc2ccccc2)CC1. The molecule has 0 bridgehead atoms. The number of carbonyl (C=O) groups is 2. The van der Waals surface area contributed by atoms with E-state index in [0.29, 0.717) is 32.7 Å². The van der Waals surface area contributed by atoms with Crippen LogP contribution in [-0.2, 0) is 20.7 Å². The first kappa shape index (κ1) is 21.2. The van der Waals surface area contributed by atoms with Gasteiger partial charge in [0.15, 0.2) is 0 Å². The Kier molecular flexibility index (Phi) is 7.62. The quantitative estimate of drug-likeness (QED) is 0.759. The molecule has 1 aromatic carbocycles. The molecule has 2 N–H and O–H groups in total. The van der Waals surface area contributed by atoms with Gasteiger partial charge >= 0.3 is 12.1 Å². The van der Waals surface area contributed by atoms with Crippen LogP contribution in [0.5, 0.6) is 0 Å². The highest BCUT2D eigenvalue weighted by Crippen LogP contribution is 2.12. The molecule has 0 spiro atoms. The maximum Gasteiger partial charge on any atom is 0.410 e. The molecule has 2 rings (SSSR count). The molecular weight excluding hydrogens is 346 g/mol. The van der Waals surface area contributed by atoms with Crippen LogP contribution in [0.15, 0.2) is 30.3 Å². The molecule has 1 amide bonds. The highest BCUT2D eigenvalue weighted by Gasteiger charge is 2.26. The number of rotatable bonds is 6. The molecule has 1 heterocycles. The number of carbonyl (C=O) groups excluding carboxylic acids is 2. The maximum absolute atomic E-state index is 12.1. The van der Waals surface area contributed by atoms with Crippen LogP contribution in [0.4, 0.5) is 4.79 Å². The lowest BCUT2D eigenvalue weighted by Crippen LogP contribution is -2.50. The van der Waals surface area contributed by atoms with Gasteiger partial charge < -0.3 is 20.1 Å². The fraction of sp³-hybridized carbons (Fsp3) is 0.600. The highest BCUT2D eigenvalue weighted by molar-refractivity contribution is 5.75. The summed E-state index contributed by atoms with van der Waals surface area (Å²) in [6.45, 7) is 9.18. The number of hydrogen-bond acceptors (Lipinski definition) is 6. The van der Waals surface area contributed by atoms with Crippen molar-refractivity contribution in [2.75, 3.05) is 39.3 Å². The Labute approximate surface area is 161 Å². The van der Waals surface area contributed by atoms with E-state index in [4.69, 9.17) is 15.2 Å². The first-order chi connectivity index (χ1) is 12.7. The van der Waals surface area contributed by atoms with Crippen LogP contribution >= 0.6 is 0 Å². The summed E-state index contributed by atoms with van der Waals surface area (Å²) in [5.74, 6) is -0.383. The smallest absolute Gasteiger partial charge is 0.410 e. The number of piperazine rings is 1. The molecule has 7 heteroatoms. The Morgan fingerprint density at radius 3 is 2.33 bits per heavy atom. The molecule has 0 aliphatic carbocycles. The number of hydrogen-bond donors (Lipinski definition) is 1. The van der Waals surface area contributed by atoms with Crippen molar-refractivity contribution in [2.24, 2.45) is 5.73 Å². The third-order valence-electron chi connectivity index (χ3n) is 4.28. The number of nitrogens with zero attached hydrogens (tertiary/aromatic N) is 2. The first-order valence-electron chi connectivity index (χ1n) is 9.41. The monoisotopic (exact) mass is 377 g/mol. The lowest BCUT2D eigenvalue weighted by molar-refractivity contribution is -0.145. The van der Waals surface area contributed by atoms with Gasteiger partial charge in [-0.1, -0.05) is 30.3 Å². The number of amides is 1. The Morgan fingerprint density at radius 1 is 1.11 bits per heavy atom. The summed E-state index contributed by atoms with van der Waals surface area (Å²) in [6.07, 6.45) is 0.189. The van der Waals surface area contributed by atoms with Crippen molar-refractivity contribution < 1.29 is 19.1 Å². The van der Waals surface area contributed by atoms with Crippen LogP contribution in [0, 0.1) is 0 Å². The Morgan fingerprint density at radius 2 is 1.74 bits per heavy atom. The topological polar surface area (TPSA) is 85.1 Å². The van der Waals surface area contributed by atoms with Crippen molar-refractivity contribution in [2.45, 2.75) is 38.8 Å². The molecule has 150 valence electrons. The van der Waals surface area contributed by atoms with Gasteiger partial charge in [0.05, 0.1) is 0 Å². The van der Waals surface area contributed by atoms with Gasteiger partial charge in [-0.05, 0) is 32.8 Å². The van der Waals surface area contributed by atoms with Gasteiger partial charge in [-0.25, -0.2) is 4.79 Å². The first-order valence-corrected chi connectivity index (χ1v) is 9.41. The van der Waals surface area contributed by atoms with Crippen molar-refractivity contribution in [1.29, 1.82) is 0 Å². The number of ether oxygens (including phenoxy) is 2. The van der Waals surface area contributed by atoms with E-state index in [9.17, 15) is 9.59 Å². The van der Waals surface area contributed by atoms with Crippen molar-refractivity contribution >= 4 is 12.1 Å². The molecular formula is C20H31N3O4. The molecule has 1 aromatic rings. The summed E-state index contributed by atoms with van der Waals surface area (Å²) in [6, 6.07) is 9.00. The summed E-state index contributed by atoms with van der Waals surface area (Å²) >= 11 is 0. The van der Waals surface area contributed by atoms with Crippen molar-refractivity contribution in [3.05, 3.63) is 35.9 Å². The number of benzene rings is 1. The van der Waals surface area contributed by atoms with Crippen LogP contribution in [-0.4, -0.2) is 72.8 Å². The molecule has 1 fully saturated rings. The van der Waals surface area contributed by atoms with Crippen molar-refractivity contribution in [1.82, 2.24) is 9.80 Å². The van der Waals surface area contributed by atoms with Gasteiger partial charge in [-0.3, -0.25) is 9.69 Å². The van der Waals surface area contributed by atoms with Crippen LogP contribution in [0.3, 0.4) is 0 Å². The molecule has 1 saturated heterocycles. The minimum absolute atomic E-state index is 0.277. The summed E-state index contributed by atoms with van der Waals surface area (Å²) in [5, 5.41) is 0. The second kappa shape index (κ2) is 9.71. The Bertz CT molecular complexity index is 607. The molecule has 7 nitrogen and oxygen atoms in total. The molecule has 0 radical (unpaired) electrons. The van der Waals surface area contributed by atoms with Gasteiger partial charge in [-0.2, -0.15) is 0 Å². The summed E-state index contributed by atoms with van der Waals surface area (Å²) < 4.78 is 10.7. The third kappa shape index (κ3) is 7.56. The third-order valence-corrected chi connectivity index (χ3v) is 4.28. The maximum atomic E-state index is 12.1. The van der Waals surface area contributed by atoms with E-state index >= 15 is 0 Å². The fourth-order valence-electron chi connectivity index (χ4n) is 2.81. The van der Waals surface area contributed by atoms with Crippen LogP contribution in [0.1, 0.15) is 26.3 Å². The average molecular weight is 377 g/mol. The van der Waals surface area contributed by atoms with E-state index in [2.05, 4.69) is 4.90 Å². The van der Waals surface area contributed by atoms with Gasteiger partial charge in [0.1, 0.15) is 18.2 Å². The van der Waals surface area contributed by atoms with Crippen LogP contribution < -0.4 is 5.73 Å². The predicted octanol–water partition coefficient (Wildman–Crippen LogP) is 1.65. The van der Waals surface area contributed by atoms with E-state index in [1.165, 1.54) is 0 Å². The normalized spacial score (nSPS) is 16.7. The van der Waals surface area contributed by atoms with Crippen LogP contribution in [0.25, 0.3) is 0 Å². The molecule has 0 saturated carbocycles. The molecule has 1 aliphatic rings. The van der Waals surface area contributed by atoms with Gasteiger partial charge in [0.2, 0.25) is 0 Å². The van der Waals surface area contributed by atoms with Crippen molar-refractivity contribution in [3.8, 4) is 0 Å². The van der Waals surface area contributed by atoms with Crippen molar-refractivity contribution in [3.63, 3.8) is 0 Å². The summed E-state index contributed by atoms with van der Waals surface area (Å²) in [7, 11) is 0. The minimum atomic E-state index is -0.656. The second-order valence-corrected chi connectivity index (χ2v) is 7.77. The second-order valence-electron chi connectivity index (χ2n) is 7.77. The molecule has 0 unspecified atom stereocenters. The Balaban J connectivity index is 1.64. The average Bonchev–Trinajstić information content (AvgIpc) is 2.61. The zero-order valence-electron chi connectivity index (χ0n) is 16.5. The van der Waals surface area contributed by atoms with E-state index in [0.717, 1.165) is 18.7 Å². The van der Waals surface area contributed by atoms with E-state index < -0.39 is 11.6 Å². The standard InChI is InChI=1S/C20H31N3O4/c1-20(2,3)27-19(25)23-11-9-22(10-12-23)13-14-26-18(24)17(21)15-16-7-5-4-6-8-16/h4-8,17H,9-15,21H2,1-3H3/t17-/m0/s1. The lowest BCUT2D eigenvalue weighted by Gasteiger charge is -2.35.